The average Bonchev–Trinajstić information content (AvgIpc) is 3.40. The highest BCUT2D eigenvalue weighted by Crippen LogP contribution is 2.54. The Balaban J connectivity index is 1.70. The first-order valence-corrected chi connectivity index (χ1v) is 13.3. The highest BCUT2D eigenvalue weighted by atomic mass is 31.2. The Morgan fingerprint density at radius 2 is 1.46 bits per heavy atom. The number of nitriles is 1. The van der Waals surface area contributed by atoms with Gasteiger partial charge in [-0.05, 0) is 35.9 Å². The summed E-state index contributed by atoms with van der Waals surface area (Å²) in [5.74, 6) is 0. The molecule has 0 fully saturated rings. The molecule has 1 atom stereocenters. The molecule has 1 aliphatic rings. The van der Waals surface area contributed by atoms with Crippen LogP contribution >= 0.6 is 7.14 Å². The summed E-state index contributed by atoms with van der Waals surface area (Å²) in [6.45, 7) is 0. The Morgan fingerprint density at radius 1 is 0.686 bits per heavy atom. The van der Waals surface area contributed by atoms with Crippen LogP contribution in [-0.2, 0) is 4.57 Å². The van der Waals surface area contributed by atoms with Gasteiger partial charge in [0.15, 0.2) is 7.14 Å². The lowest BCUT2D eigenvalue weighted by Gasteiger charge is -2.16. The molecule has 1 aliphatic heterocycles. The first-order valence-electron chi connectivity index (χ1n) is 11.5. The van der Waals surface area contributed by atoms with Crippen molar-refractivity contribution in [3.05, 3.63) is 121 Å². The van der Waals surface area contributed by atoms with Gasteiger partial charge in [-0.1, -0.05) is 84.9 Å². The Labute approximate surface area is 202 Å². The molecule has 3 nitrogen and oxygen atoms in total. The molecule has 2 heterocycles. The maximum absolute atomic E-state index is 15.0. The molecular weight excluding hydrogens is 447 g/mol. The molecule has 1 aromatic heterocycles. The highest BCUT2D eigenvalue weighted by molar-refractivity contribution is 7.86. The Bertz CT molecular complexity index is 1890. The summed E-state index contributed by atoms with van der Waals surface area (Å²) < 4.78 is 17.2. The van der Waals surface area contributed by atoms with Crippen molar-refractivity contribution >= 4 is 44.9 Å². The van der Waals surface area contributed by atoms with Crippen LogP contribution in [0, 0.1) is 11.3 Å². The van der Waals surface area contributed by atoms with Crippen molar-refractivity contribution in [2.75, 3.05) is 0 Å². The first-order chi connectivity index (χ1) is 17.2. The van der Waals surface area contributed by atoms with E-state index in [-0.39, 0.29) is 0 Å². The molecule has 35 heavy (non-hydrogen) atoms. The van der Waals surface area contributed by atoms with Crippen molar-refractivity contribution in [1.29, 1.82) is 5.26 Å². The van der Waals surface area contributed by atoms with Crippen LogP contribution in [0.2, 0.25) is 0 Å². The summed E-state index contributed by atoms with van der Waals surface area (Å²) in [5, 5.41) is 14.4. The third kappa shape index (κ3) is 2.63. The number of aromatic nitrogens is 1. The van der Waals surface area contributed by atoms with Crippen LogP contribution < -0.4 is 15.9 Å². The van der Waals surface area contributed by atoms with Gasteiger partial charge in [0, 0.05) is 37.9 Å². The predicted octanol–water partition coefficient (Wildman–Crippen LogP) is 6.28. The summed E-state index contributed by atoms with van der Waals surface area (Å²) in [6.07, 6.45) is 0. The van der Waals surface area contributed by atoms with Crippen molar-refractivity contribution in [3.63, 3.8) is 0 Å². The number of rotatable bonds is 2. The van der Waals surface area contributed by atoms with Crippen molar-refractivity contribution in [1.82, 2.24) is 4.57 Å². The van der Waals surface area contributed by atoms with Gasteiger partial charge in [0.2, 0.25) is 0 Å². The fourth-order valence-electron chi connectivity index (χ4n) is 5.56. The van der Waals surface area contributed by atoms with E-state index in [1.165, 1.54) is 0 Å². The third-order valence-corrected chi connectivity index (χ3v) is 10.2. The largest absolute Gasteiger partial charge is 0.309 e. The van der Waals surface area contributed by atoms with E-state index in [1.807, 2.05) is 84.9 Å². The van der Waals surface area contributed by atoms with Gasteiger partial charge < -0.3 is 9.13 Å². The van der Waals surface area contributed by atoms with Gasteiger partial charge in [0.1, 0.15) is 0 Å². The van der Waals surface area contributed by atoms with Crippen LogP contribution in [-0.4, -0.2) is 4.57 Å². The molecule has 0 N–H and O–H groups in total. The van der Waals surface area contributed by atoms with Crippen molar-refractivity contribution in [3.8, 4) is 22.9 Å². The molecule has 0 bridgehead atoms. The topological polar surface area (TPSA) is 45.8 Å². The van der Waals surface area contributed by atoms with E-state index in [2.05, 4.69) is 41.0 Å². The molecule has 0 spiro atoms. The lowest BCUT2D eigenvalue weighted by Crippen LogP contribution is -2.20. The number of nitrogens with zero attached hydrogens (tertiary/aromatic N) is 2. The van der Waals surface area contributed by atoms with Crippen LogP contribution in [0.4, 0.5) is 0 Å². The van der Waals surface area contributed by atoms with Gasteiger partial charge in [-0.15, -0.1) is 0 Å². The van der Waals surface area contributed by atoms with Crippen molar-refractivity contribution in [2.45, 2.75) is 0 Å². The Morgan fingerprint density at radius 3 is 2.31 bits per heavy atom. The summed E-state index contributed by atoms with van der Waals surface area (Å²) in [6, 6.07) is 40.4. The maximum atomic E-state index is 15.0. The molecule has 6 aromatic rings. The molecular formula is C31H19N2OP. The maximum Gasteiger partial charge on any atom is 0.172 e. The molecule has 0 amide bonds. The molecule has 5 aromatic carbocycles. The fraction of sp³-hybridized carbons (Fsp3) is 0. The molecule has 7 rings (SSSR count). The van der Waals surface area contributed by atoms with Gasteiger partial charge in [-0.2, -0.15) is 5.26 Å². The Hall–Kier alpha value is -4.38. The van der Waals surface area contributed by atoms with Crippen LogP contribution in [0.1, 0.15) is 5.56 Å². The Kier molecular flexibility index (Phi) is 4.18. The van der Waals surface area contributed by atoms with Crippen molar-refractivity contribution in [2.24, 2.45) is 0 Å². The fourth-order valence-corrected chi connectivity index (χ4v) is 8.62. The summed E-state index contributed by atoms with van der Waals surface area (Å²) in [4.78, 5) is 0. The van der Waals surface area contributed by atoms with Crippen LogP contribution in [0.25, 0.3) is 38.6 Å². The standard InChI is InChI=1S/C31H19N2OP/c32-20-21-9-8-10-22(19-21)33-27-15-6-4-13-24(27)25-17-18-29-30(31(25)33)26-14-5-7-16-28(26)35(29,34)23-11-2-1-3-12-23/h1-19H. The second kappa shape index (κ2) is 7.31. The quantitative estimate of drug-likeness (QED) is 0.282. The number of fused-ring (bicyclic) bond motifs is 7. The van der Waals surface area contributed by atoms with Gasteiger partial charge in [0.25, 0.3) is 0 Å². The minimum absolute atomic E-state index is 0.608. The van der Waals surface area contributed by atoms with Gasteiger partial charge in [0.05, 0.1) is 22.7 Å². The molecule has 0 radical (unpaired) electrons. The molecule has 0 aliphatic carbocycles. The van der Waals surface area contributed by atoms with E-state index in [1.54, 1.807) is 0 Å². The molecule has 0 saturated heterocycles. The second-order valence-electron chi connectivity index (χ2n) is 8.83. The molecule has 164 valence electrons. The zero-order chi connectivity index (χ0) is 23.6. The zero-order valence-corrected chi connectivity index (χ0v) is 19.6. The van der Waals surface area contributed by atoms with E-state index in [9.17, 15) is 5.26 Å². The van der Waals surface area contributed by atoms with E-state index in [0.717, 1.165) is 54.5 Å². The van der Waals surface area contributed by atoms with E-state index >= 15 is 4.57 Å². The van der Waals surface area contributed by atoms with E-state index < -0.39 is 7.14 Å². The summed E-state index contributed by atoms with van der Waals surface area (Å²) in [7, 11) is -3.04. The van der Waals surface area contributed by atoms with Crippen LogP contribution in [0.15, 0.2) is 115 Å². The monoisotopic (exact) mass is 466 g/mol. The minimum atomic E-state index is -3.04. The molecule has 1 unspecified atom stereocenters. The number of benzene rings is 5. The predicted molar refractivity (Wildman–Crippen MR) is 144 cm³/mol. The van der Waals surface area contributed by atoms with Crippen LogP contribution in [0.5, 0.6) is 0 Å². The van der Waals surface area contributed by atoms with Gasteiger partial charge in [-0.3, -0.25) is 0 Å². The second-order valence-corrected chi connectivity index (χ2v) is 11.5. The van der Waals surface area contributed by atoms with Crippen molar-refractivity contribution < 1.29 is 4.57 Å². The lowest BCUT2D eigenvalue weighted by atomic mass is 10.0. The smallest absolute Gasteiger partial charge is 0.172 e. The summed E-state index contributed by atoms with van der Waals surface area (Å²) in [5.41, 5.74) is 5.65. The summed E-state index contributed by atoms with van der Waals surface area (Å²) >= 11 is 0. The first kappa shape index (κ1) is 20.0. The third-order valence-electron chi connectivity index (χ3n) is 7.02. The molecule has 0 saturated carbocycles. The van der Waals surface area contributed by atoms with Gasteiger partial charge >= 0.3 is 0 Å². The zero-order valence-electron chi connectivity index (χ0n) is 18.7. The number of para-hydroxylation sites is 1. The number of hydrogen-bond acceptors (Lipinski definition) is 2. The van der Waals surface area contributed by atoms with Crippen LogP contribution in [0.3, 0.4) is 0 Å². The SMILES string of the molecule is N#Cc1cccc(-n2c3ccccc3c3ccc4c(c32)-c2ccccc2P4(=O)c2ccccc2)c1. The minimum Gasteiger partial charge on any atom is -0.309 e. The highest BCUT2D eigenvalue weighted by Gasteiger charge is 2.41. The number of hydrogen-bond donors (Lipinski definition) is 0. The van der Waals surface area contributed by atoms with E-state index in [4.69, 9.17) is 0 Å². The lowest BCUT2D eigenvalue weighted by molar-refractivity contribution is 0.593. The average molecular weight is 466 g/mol. The van der Waals surface area contributed by atoms with Gasteiger partial charge in [-0.25, -0.2) is 0 Å². The molecule has 4 heteroatoms. The normalized spacial score (nSPS) is 16.2. The van der Waals surface area contributed by atoms with E-state index in [0.29, 0.717) is 5.56 Å².